The van der Waals surface area contributed by atoms with E-state index in [1.54, 1.807) is 19.0 Å². The zero-order chi connectivity index (χ0) is 60.6. The van der Waals surface area contributed by atoms with Gasteiger partial charge in [0.2, 0.25) is 17.6 Å². The van der Waals surface area contributed by atoms with Crippen LogP contribution in [0.2, 0.25) is 0 Å². The fourth-order valence-electron chi connectivity index (χ4n) is 11.2. The molecule has 2 aliphatic heterocycles. The highest BCUT2D eigenvalue weighted by molar-refractivity contribution is 5.92. The summed E-state index contributed by atoms with van der Waals surface area (Å²) in [7, 11) is 2.15. The Labute approximate surface area is 512 Å². The smallest absolute Gasteiger partial charge is 0.227 e. The zero-order valence-electron chi connectivity index (χ0n) is 50.0. The quantitative estimate of drug-likeness (QED) is 0.0502. The van der Waals surface area contributed by atoms with Gasteiger partial charge in [-0.15, -0.1) is 0 Å². The minimum absolute atomic E-state index is 0.0728. The molecule has 0 bridgehead atoms. The second-order valence-electron chi connectivity index (χ2n) is 22.3. The van der Waals surface area contributed by atoms with Crippen LogP contribution < -0.4 is 35.5 Å². The number of aromatic nitrogens is 15. The molecular weight excluding hydrogens is 1120 g/mol. The van der Waals surface area contributed by atoms with Gasteiger partial charge in [0.15, 0.2) is 34.4 Å². The summed E-state index contributed by atoms with van der Waals surface area (Å²) in [4.78, 5) is 64.5. The topological polar surface area (TPSA) is 281 Å². The Kier molecular flexibility index (Phi) is 17.0. The molecule has 450 valence electrons. The lowest BCUT2D eigenvalue weighted by Crippen LogP contribution is -2.35. The number of rotatable bonds is 15. The van der Waals surface area contributed by atoms with E-state index >= 15 is 0 Å². The minimum Gasteiger partial charge on any atom is -0.474 e. The molecule has 23 heteroatoms. The van der Waals surface area contributed by atoms with E-state index in [1.165, 1.54) is 19.0 Å². The summed E-state index contributed by atoms with van der Waals surface area (Å²) in [6.45, 7) is 12.3. The Bertz CT molecular complexity index is 4540. The number of para-hydroxylation sites is 1. The highest BCUT2D eigenvalue weighted by atomic mass is 16.5. The molecule has 3 unspecified atom stereocenters. The maximum atomic E-state index is 6.41. The second-order valence-corrected chi connectivity index (χ2v) is 22.3. The number of aromatic amines is 3. The summed E-state index contributed by atoms with van der Waals surface area (Å²) in [5.74, 6) is 4.85. The van der Waals surface area contributed by atoms with Gasteiger partial charge in [0.05, 0.1) is 54.2 Å². The first-order chi connectivity index (χ1) is 43.6. The molecule has 23 nitrogen and oxygen atoms in total. The van der Waals surface area contributed by atoms with Crippen LogP contribution in [-0.4, -0.2) is 125 Å². The predicted molar refractivity (Wildman–Crippen MR) is 345 cm³/mol. The first-order valence-electron chi connectivity index (χ1n) is 30.0. The number of benzene rings is 4. The third-order valence-electron chi connectivity index (χ3n) is 16.0. The van der Waals surface area contributed by atoms with E-state index < -0.39 is 0 Å². The highest BCUT2D eigenvalue weighted by Crippen LogP contribution is 2.36. The molecule has 7 N–H and O–H groups in total. The second kappa shape index (κ2) is 26.2. The van der Waals surface area contributed by atoms with Crippen molar-refractivity contribution in [2.75, 3.05) is 49.2 Å². The number of anilines is 3. The number of fused-ring (bicyclic) bond motifs is 6. The van der Waals surface area contributed by atoms with Crippen molar-refractivity contribution in [2.24, 2.45) is 0 Å². The number of hydrogen-bond acceptors (Lipinski definition) is 20. The van der Waals surface area contributed by atoms with E-state index in [0.29, 0.717) is 52.0 Å². The van der Waals surface area contributed by atoms with Gasteiger partial charge in [-0.3, -0.25) is 0 Å². The molecule has 2 aliphatic rings. The SMILES string of the molecule is CC(Nc1ncnc2nc[nH]c12)c1cc2ccccc2c(OC2CCN(C)CC2)n1.CC(Nc1ncnc2nc[nH]c12)c1cc2ccccc2c(OC2CCNCC2)n1.Cc1cccc2cc(C(C)Nc3ncnc4nc[nH]c34)nc(Oc3ccccc3)c12. The van der Waals surface area contributed by atoms with Crippen molar-refractivity contribution in [3.63, 3.8) is 0 Å². The van der Waals surface area contributed by atoms with E-state index in [4.69, 9.17) is 29.2 Å². The average molecular weight is 1190 g/mol. The van der Waals surface area contributed by atoms with E-state index in [1.807, 2.05) is 67.6 Å². The molecule has 0 radical (unpaired) electrons. The van der Waals surface area contributed by atoms with Gasteiger partial charge in [0, 0.05) is 29.2 Å². The van der Waals surface area contributed by atoms with Crippen LogP contribution >= 0.6 is 0 Å². The van der Waals surface area contributed by atoms with Gasteiger partial charge >= 0.3 is 0 Å². The van der Waals surface area contributed by atoms with Gasteiger partial charge in [-0.05, 0) is 138 Å². The Balaban J connectivity index is 0.000000123. The third-order valence-corrected chi connectivity index (χ3v) is 16.0. The number of nitrogens with zero attached hydrogens (tertiary/aromatic N) is 13. The Morgan fingerprint density at radius 3 is 1.39 bits per heavy atom. The molecule has 9 aromatic heterocycles. The van der Waals surface area contributed by atoms with Crippen molar-refractivity contribution in [3.8, 4) is 23.4 Å². The molecule has 2 saturated heterocycles. The Morgan fingerprint density at radius 2 is 0.899 bits per heavy atom. The Hall–Kier alpha value is -10.5. The molecule has 2 fully saturated rings. The summed E-state index contributed by atoms with van der Waals surface area (Å²) in [6.07, 6.45) is 13.8. The van der Waals surface area contributed by atoms with Crippen LogP contribution in [0.15, 0.2) is 153 Å². The number of hydrogen-bond donors (Lipinski definition) is 7. The van der Waals surface area contributed by atoms with E-state index in [9.17, 15) is 0 Å². The van der Waals surface area contributed by atoms with Crippen LogP contribution in [-0.2, 0) is 0 Å². The summed E-state index contributed by atoms with van der Waals surface area (Å²) in [5, 5.41) is 20.1. The van der Waals surface area contributed by atoms with Crippen molar-refractivity contribution in [1.82, 2.24) is 85.0 Å². The molecule has 15 rings (SSSR count). The molecule has 0 aliphatic carbocycles. The average Bonchev–Trinajstić information content (AvgIpc) is 2.86. The van der Waals surface area contributed by atoms with Crippen LogP contribution in [0.5, 0.6) is 23.4 Å². The molecule has 0 spiro atoms. The van der Waals surface area contributed by atoms with Crippen LogP contribution in [0.4, 0.5) is 17.5 Å². The lowest BCUT2D eigenvalue weighted by Gasteiger charge is -2.29. The number of piperidine rings is 2. The van der Waals surface area contributed by atoms with Gasteiger partial charge in [0.25, 0.3) is 0 Å². The number of aryl methyl sites for hydroxylation is 1. The van der Waals surface area contributed by atoms with E-state index in [0.717, 1.165) is 129 Å². The molecule has 4 aromatic carbocycles. The Morgan fingerprint density at radius 1 is 0.472 bits per heavy atom. The standard InChI is InChI=1S/C23H20N6O.C22H25N7O.C21H23N7O/c1-14-7-6-8-16-11-18(29-23(19(14)16)30-17-9-4-3-5-10-17)15(2)28-22-20-21(25-12-24-20)26-13-27-22;1-14(27-21-19-20(24-12-23-19)25-13-26-21)18-11-15-5-3-4-6-17(15)22(28-18)30-16-7-9-29(2)10-8-16;1-13(27-20-18-19(24-11-23-18)25-12-26-20)17-10-14-4-2-3-5-16(14)21(28-17)29-15-6-8-22-9-7-15/h3-13,15H,1-2H3,(H2,24,25,26,27,28);3-6,11-14,16H,7-10H2,1-2H3,(H2,23,24,25,26,27);2-5,10-13,15,22H,6-9H2,1H3,(H2,23,24,25,26,27). The molecule has 11 heterocycles. The number of H-pyrrole nitrogens is 3. The van der Waals surface area contributed by atoms with Crippen LogP contribution in [0.3, 0.4) is 0 Å². The van der Waals surface area contributed by atoms with Crippen molar-refractivity contribution in [1.29, 1.82) is 0 Å². The molecular formula is C66H68N20O3. The van der Waals surface area contributed by atoms with Gasteiger partial charge in [0.1, 0.15) is 53.5 Å². The fourth-order valence-corrected chi connectivity index (χ4v) is 11.2. The number of pyridine rings is 3. The fraction of sp³-hybridized carbons (Fsp3) is 0.273. The van der Waals surface area contributed by atoms with Crippen molar-refractivity contribution < 1.29 is 14.2 Å². The molecule has 13 aromatic rings. The molecule has 3 atom stereocenters. The normalized spacial score (nSPS) is 15.0. The van der Waals surface area contributed by atoms with Gasteiger partial charge in [-0.25, -0.2) is 59.8 Å². The molecule has 89 heavy (non-hydrogen) atoms. The maximum absolute atomic E-state index is 6.41. The number of ether oxygens (including phenoxy) is 3. The monoisotopic (exact) mass is 1190 g/mol. The van der Waals surface area contributed by atoms with Crippen molar-refractivity contribution >= 4 is 83.3 Å². The summed E-state index contributed by atoms with van der Waals surface area (Å²) in [6, 6.07) is 38.4. The first-order valence-corrected chi connectivity index (χ1v) is 30.0. The number of likely N-dealkylation sites (tertiary alicyclic amines) is 1. The maximum Gasteiger partial charge on any atom is 0.227 e. The first kappa shape index (κ1) is 57.5. The minimum atomic E-state index is -0.116. The summed E-state index contributed by atoms with van der Waals surface area (Å²) >= 11 is 0. The summed E-state index contributed by atoms with van der Waals surface area (Å²) < 4.78 is 18.9. The van der Waals surface area contributed by atoms with E-state index in [2.05, 4.69) is 168 Å². The lowest BCUT2D eigenvalue weighted by atomic mass is 10.0. The van der Waals surface area contributed by atoms with Crippen LogP contribution in [0, 0.1) is 6.92 Å². The largest absolute Gasteiger partial charge is 0.474 e. The lowest BCUT2D eigenvalue weighted by molar-refractivity contribution is 0.111. The third kappa shape index (κ3) is 13.1. The predicted octanol–water partition coefficient (Wildman–Crippen LogP) is 11.9. The van der Waals surface area contributed by atoms with Gasteiger partial charge in [-0.2, -0.15) is 0 Å². The van der Waals surface area contributed by atoms with Gasteiger partial charge in [-0.1, -0.05) is 72.8 Å². The zero-order valence-corrected chi connectivity index (χ0v) is 50.0. The van der Waals surface area contributed by atoms with Gasteiger partial charge < -0.3 is 55.3 Å². The highest BCUT2D eigenvalue weighted by Gasteiger charge is 2.24. The van der Waals surface area contributed by atoms with Crippen LogP contribution in [0.25, 0.3) is 65.8 Å². The number of nitrogens with one attached hydrogen (secondary N) is 7. The molecule has 0 amide bonds. The van der Waals surface area contributed by atoms with E-state index in [-0.39, 0.29) is 30.3 Å². The summed E-state index contributed by atoms with van der Waals surface area (Å²) in [5.41, 5.74) is 8.00. The van der Waals surface area contributed by atoms with Crippen LogP contribution in [0.1, 0.15) is 87.2 Å². The molecule has 0 saturated carbocycles. The van der Waals surface area contributed by atoms with Crippen molar-refractivity contribution in [2.45, 2.75) is 83.7 Å². The number of imidazole rings is 3. The van der Waals surface area contributed by atoms with Crippen molar-refractivity contribution in [3.05, 3.63) is 176 Å².